The summed E-state index contributed by atoms with van der Waals surface area (Å²) >= 11 is 1.46. The Morgan fingerprint density at radius 3 is 2.40 bits per heavy atom. The van der Waals surface area contributed by atoms with Crippen LogP contribution in [0, 0.1) is 0 Å². The molecule has 0 aliphatic rings. The molecule has 8 heteroatoms. The van der Waals surface area contributed by atoms with Crippen molar-refractivity contribution >= 4 is 43.1 Å². The summed E-state index contributed by atoms with van der Waals surface area (Å²) in [6.07, 6.45) is 1.80. The first-order valence-electron chi connectivity index (χ1n) is 13.8. The fraction of sp³-hybridized carbons (Fsp3) is 0.235. The van der Waals surface area contributed by atoms with Gasteiger partial charge in [0.05, 0.1) is 31.1 Å². The van der Waals surface area contributed by atoms with Crippen molar-refractivity contribution in [2.24, 2.45) is 0 Å². The third-order valence-corrected chi connectivity index (χ3v) is 8.36. The molecule has 0 spiro atoms. The van der Waals surface area contributed by atoms with E-state index in [0.29, 0.717) is 33.3 Å². The second-order valence-corrected chi connectivity index (χ2v) is 11.1. The number of ether oxygens (including phenoxy) is 3. The van der Waals surface area contributed by atoms with Gasteiger partial charge in [-0.05, 0) is 86.1 Å². The van der Waals surface area contributed by atoms with Gasteiger partial charge in [0.25, 0.3) is 5.91 Å². The molecule has 1 heterocycles. The SMILES string of the molecule is COc1ccc(CCN(C)CCCOc2ccc(NC(=O)c3cccc4c(=O)c5ccccc5sc34)cc2)cc1OC. The van der Waals surface area contributed by atoms with E-state index in [2.05, 4.69) is 23.3 Å². The number of rotatable bonds is 12. The minimum Gasteiger partial charge on any atom is -0.494 e. The third-order valence-electron chi connectivity index (χ3n) is 7.14. The third kappa shape index (κ3) is 6.73. The maximum atomic E-state index is 13.2. The number of fused-ring (bicyclic) bond motifs is 2. The Kier molecular flexibility index (Phi) is 9.36. The second kappa shape index (κ2) is 13.5. The molecule has 0 bridgehead atoms. The van der Waals surface area contributed by atoms with Gasteiger partial charge in [0.2, 0.25) is 0 Å². The van der Waals surface area contributed by atoms with Crippen molar-refractivity contribution in [1.29, 1.82) is 0 Å². The molecule has 0 aliphatic heterocycles. The summed E-state index contributed by atoms with van der Waals surface area (Å²) in [5.41, 5.74) is 2.29. The normalized spacial score (nSPS) is 11.1. The zero-order chi connectivity index (χ0) is 29.5. The number of hydrogen-bond donors (Lipinski definition) is 1. The van der Waals surface area contributed by atoms with Crippen LogP contribution in [0.5, 0.6) is 17.2 Å². The molecule has 1 N–H and O–H groups in total. The van der Waals surface area contributed by atoms with Crippen LogP contribution in [-0.4, -0.2) is 51.8 Å². The van der Waals surface area contributed by atoms with Gasteiger partial charge < -0.3 is 24.4 Å². The van der Waals surface area contributed by atoms with E-state index < -0.39 is 0 Å². The minimum atomic E-state index is -0.253. The van der Waals surface area contributed by atoms with Gasteiger partial charge in [-0.15, -0.1) is 11.3 Å². The van der Waals surface area contributed by atoms with Crippen LogP contribution in [0.4, 0.5) is 5.69 Å². The van der Waals surface area contributed by atoms with Gasteiger partial charge >= 0.3 is 0 Å². The van der Waals surface area contributed by atoms with Crippen molar-refractivity contribution in [3.63, 3.8) is 0 Å². The lowest BCUT2D eigenvalue weighted by Crippen LogP contribution is -2.23. The lowest BCUT2D eigenvalue weighted by molar-refractivity contribution is 0.102. The molecule has 1 aromatic heterocycles. The van der Waals surface area contributed by atoms with Crippen LogP contribution in [0.25, 0.3) is 20.2 Å². The Labute approximate surface area is 249 Å². The van der Waals surface area contributed by atoms with Crippen molar-refractivity contribution in [3.8, 4) is 17.2 Å². The molecule has 5 rings (SSSR count). The van der Waals surface area contributed by atoms with Gasteiger partial charge in [-0.2, -0.15) is 0 Å². The molecule has 4 aromatic carbocycles. The van der Waals surface area contributed by atoms with Crippen LogP contribution in [0.1, 0.15) is 22.3 Å². The van der Waals surface area contributed by atoms with Gasteiger partial charge in [-0.25, -0.2) is 0 Å². The smallest absolute Gasteiger partial charge is 0.257 e. The summed E-state index contributed by atoms with van der Waals surface area (Å²) in [7, 11) is 5.40. The number of amides is 1. The summed E-state index contributed by atoms with van der Waals surface area (Å²) in [5, 5.41) is 4.18. The zero-order valence-corrected chi connectivity index (χ0v) is 24.8. The highest BCUT2D eigenvalue weighted by atomic mass is 32.1. The molecule has 1 amide bonds. The monoisotopic (exact) mass is 582 g/mol. The largest absolute Gasteiger partial charge is 0.494 e. The van der Waals surface area contributed by atoms with Crippen LogP contribution in [0.2, 0.25) is 0 Å². The van der Waals surface area contributed by atoms with Crippen molar-refractivity contribution < 1.29 is 19.0 Å². The minimum absolute atomic E-state index is 0.0559. The predicted molar refractivity (Wildman–Crippen MR) is 171 cm³/mol. The number of nitrogens with zero attached hydrogens (tertiary/aromatic N) is 1. The number of anilines is 1. The summed E-state index contributed by atoms with van der Waals surface area (Å²) in [4.78, 5) is 28.5. The highest BCUT2D eigenvalue weighted by Gasteiger charge is 2.15. The number of methoxy groups -OCH3 is 2. The summed E-state index contributed by atoms with van der Waals surface area (Å²) in [6, 6.07) is 26.2. The second-order valence-electron chi connectivity index (χ2n) is 10.0. The molecule has 0 fully saturated rings. The van der Waals surface area contributed by atoms with E-state index in [0.717, 1.165) is 47.9 Å². The Bertz CT molecular complexity index is 1750. The van der Waals surface area contributed by atoms with Crippen LogP contribution in [0.15, 0.2) is 89.7 Å². The highest BCUT2D eigenvalue weighted by Crippen LogP contribution is 2.29. The molecular formula is C34H34N2O5S. The van der Waals surface area contributed by atoms with Crippen molar-refractivity contribution in [1.82, 2.24) is 4.90 Å². The topological polar surface area (TPSA) is 77.1 Å². The van der Waals surface area contributed by atoms with Gasteiger partial charge in [0.15, 0.2) is 16.9 Å². The van der Waals surface area contributed by atoms with Gasteiger partial charge in [0, 0.05) is 34.2 Å². The molecule has 216 valence electrons. The van der Waals surface area contributed by atoms with Crippen LogP contribution in [-0.2, 0) is 6.42 Å². The lowest BCUT2D eigenvalue weighted by atomic mass is 10.1. The number of benzene rings is 4. The maximum Gasteiger partial charge on any atom is 0.257 e. The molecule has 42 heavy (non-hydrogen) atoms. The van der Waals surface area contributed by atoms with E-state index in [1.165, 1.54) is 16.9 Å². The molecule has 5 aromatic rings. The lowest BCUT2D eigenvalue weighted by Gasteiger charge is -2.17. The standard InChI is InChI=1S/C34H34N2O5S/c1-36(20-18-23-12-17-29(39-2)30(22-23)40-3)19-7-21-41-25-15-13-24(14-16-25)35-34(38)28-10-6-9-27-32(37)26-8-4-5-11-31(26)42-33(27)28/h4-6,8-17,22H,7,18-21H2,1-3H3,(H,35,38). The number of likely N-dealkylation sites (N-methyl/N-ethyl adjacent to an activating group) is 1. The molecule has 0 saturated heterocycles. The summed E-state index contributed by atoms with van der Waals surface area (Å²) in [5.74, 6) is 1.98. The van der Waals surface area contributed by atoms with Crippen molar-refractivity contribution in [3.05, 3.63) is 106 Å². The first-order chi connectivity index (χ1) is 20.5. The van der Waals surface area contributed by atoms with Crippen molar-refractivity contribution in [2.75, 3.05) is 46.3 Å². The van der Waals surface area contributed by atoms with Crippen LogP contribution < -0.4 is 25.0 Å². The molecule has 0 aliphatic carbocycles. The van der Waals surface area contributed by atoms with E-state index in [-0.39, 0.29) is 11.3 Å². The Morgan fingerprint density at radius 2 is 1.62 bits per heavy atom. The average Bonchev–Trinajstić information content (AvgIpc) is 3.02. The van der Waals surface area contributed by atoms with Crippen LogP contribution in [0.3, 0.4) is 0 Å². The zero-order valence-electron chi connectivity index (χ0n) is 24.0. The fourth-order valence-electron chi connectivity index (χ4n) is 4.83. The van der Waals surface area contributed by atoms with E-state index >= 15 is 0 Å². The van der Waals surface area contributed by atoms with Crippen molar-refractivity contribution in [2.45, 2.75) is 12.8 Å². The van der Waals surface area contributed by atoms with E-state index in [1.54, 1.807) is 32.4 Å². The molecular weight excluding hydrogens is 548 g/mol. The number of hydrogen-bond acceptors (Lipinski definition) is 7. The molecule has 0 saturated carbocycles. The van der Waals surface area contributed by atoms with Gasteiger partial charge in [-0.1, -0.05) is 24.3 Å². The highest BCUT2D eigenvalue weighted by molar-refractivity contribution is 7.24. The van der Waals surface area contributed by atoms with E-state index in [4.69, 9.17) is 14.2 Å². The molecule has 0 radical (unpaired) electrons. The maximum absolute atomic E-state index is 13.2. The van der Waals surface area contributed by atoms with Crippen LogP contribution >= 0.6 is 11.3 Å². The van der Waals surface area contributed by atoms with Gasteiger partial charge in [0.1, 0.15) is 5.75 Å². The molecule has 0 atom stereocenters. The molecule has 7 nitrogen and oxygen atoms in total. The number of nitrogens with one attached hydrogen (secondary N) is 1. The quantitative estimate of drug-likeness (QED) is 0.132. The average molecular weight is 583 g/mol. The van der Waals surface area contributed by atoms with Gasteiger partial charge in [-0.3, -0.25) is 9.59 Å². The Morgan fingerprint density at radius 1 is 0.857 bits per heavy atom. The van der Waals surface area contributed by atoms with E-state index in [9.17, 15) is 9.59 Å². The predicted octanol–water partition coefficient (Wildman–Crippen LogP) is 6.63. The number of carbonyl (C=O) groups is 1. The summed E-state index contributed by atoms with van der Waals surface area (Å²) < 4.78 is 18.2. The number of carbonyl (C=O) groups excluding carboxylic acids is 1. The fourth-order valence-corrected chi connectivity index (χ4v) is 6.01. The first kappa shape index (κ1) is 29.1. The molecule has 0 unspecified atom stereocenters. The summed E-state index contributed by atoms with van der Waals surface area (Å²) in [6.45, 7) is 2.43. The Balaban J connectivity index is 1.11. The van der Waals surface area contributed by atoms with E-state index in [1.807, 2.05) is 60.7 Å². The Hall–Kier alpha value is -4.40. The first-order valence-corrected chi connectivity index (χ1v) is 14.7.